The van der Waals surface area contributed by atoms with Gasteiger partial charge in [0.15, 0.2) is 0 Å². The predicted molar refractivity (Wildman–Crippen MR) is 111 cm³/mol. The number of rotatable bonds is 6. The lowest BCUT2D eigenvalue weighted by Crippen LogP contribution is -2.44. The lowest BCUT2D eigenvalue weighted by molar-refractivity contribution is -0.0704. The third-order valence-corrected chi connectivity index (χ3v) is 4.95. The third-order valence-electron chi connectivity index (χ3n) is 4.95. The molecule has 6 heteroatoms. The third kappa shape index (κ3) is 5.89. The van der Waals surface area contributed by atoms with Gasteiger partial charge in [-0.3, -0.25) is 9.69 Å². The van der Waals surface area contributed by atoms with Gasteiger partial charge < -0.3 is 14.8 Å². The van der Waals surface area contributed by atoms with Gasteiger partial charge in [0.1, 0.15) is 0 Å². The lowest BCUT2D eigenvalue weighted by atomic mass is 10.1. The zero-order chi connectivity index (χ0) is 20.8. The van der Waals surface area contributed by atoms with Crippen LogP contribution in [0.5, 0.6) is 0 Å². The van der Waals surface area contributed by atoms with Gasteiger partial charge in [-0.25, -0.2) is 4.79 Å². The molecule has 1 aliphatic heterocycles. The maximum atomic E-state index is 12.4. The first kappa shape index (κ1) is 21.0. The first-order valence-electron chi connectivity index (χ1n) is 9.87. The number of carbonyl (C=O) groups excluding carboxylic acids is 2. The number of morpholine rings is 1. The lowest BCUT2D eigenvalue weighted by Gasteiger charge is -2.35. The molecule has 6 nitrogen and oxygen atoms in total. The van der Waals surface area contributed by atoms with E-state index < -0.39 is 0 Å². The SMILES string of the molecule is COC(=O)c1ccc(CNC(=O)c2ccc(CN3CC(C)OC(C)C3)cc2)cc1. The molecule has 2 aromatic rings. The van der Waals surface area contributed by atoms with Crippen molar-refractivity contribution in [1.82, 2.24) is 10.2 Å². The van der Waals surface area contributed by atoms with Crippen LogP contribution in [0.25, 0.3) is 0 Å². The predicted octanol–water partition coefficient (Wildman–Crippen LogP) is 3.01. The topological polar surface area (TPSA) is 67.9 Å². The summed E-state index contributed by atoms with van der Waals surface area (Å²) in [7, 11) is 1.35. The Morgan fingerprint density at radius 3 is 2.10 bits per heavy atom. The number of methoxy groups -OCH3 is 1. The maximum absolute atomic E-state index is 12.4. The number of nitrogens with one attached hydrogen (secondary N) is 1. The number of amides is 1. The Kier molecular flexibility index (Phi) is 7.01. The van der Waals surface area contributed by atoms with Crippen molar-refractivity contribution < 1.29 is 19.1 Å². The number of benzene rings is 2. The van der Waals surface area contributed by atoms with Crippen LogP contribution in [0.4, 0.5) is 0 Å². The number of carbonyl (C=O) groups is 2. The van der Waals surface area contributed by atoms with Gasteiger partial charge >= 0.3 is 5.97 Å². The summed E-state index contributed by atoms with van der Waals surface area (Å²) in [5.74, 6) is -0.496. The molecule has 3 rings (SSSR count). The van der Waals surface area contributed by atoms with Gasteiger partial charge in [0.25, 0.3) is 5.91 Å². The standard InChI is InChI=1S/C23H28N2O4/c1-16-13-25(14-17(2)29-16)15-19-6-8-20(9-7-19)22(26)24-12-18-4-10-21(11-5-18)23(27)28-3/h4-11,16-17H,12-15H2,1-3H3,(H,24,26). The fourth-order valence-corrected chi connectivity index (χ4v) is 3.59. The first-order valence-corrected chi connectivity index (χ1v) is 9.87. The van der Waals surface area contributed by atoms with Gasteiger partial charge in [-0.1, -0.05) is 24.3 Å². The molecule has 0 aliphatic carbocycles. The van der Waals surface area contributed by atoms with Crippen molar-refractivity contribution in [3.8, 4) is 0 Å². The molecule has 0 bridgehead atoms. The van der Waals surface area contributed by atoms with E-state index >= 15 is 0 Å². The highest BCUT2D eigenvalue weighted by atomic mass is 16.5. The van der Waals surface area contributed by atoms with E-state index in [1.165, 1.54) is 12.7 Å². The minimum absolute atomic E-state index is 0.123. The maximum Gasteiger partial charge on any atom is 0.337 e. The van der Waals surface area contributed by atoms with Crippen molar-refractivity contribution in [3.05, 3.63) is 70.8 Å². The zero-order valence-corrected chi connectivity index (χ0v) is 17.2. The van der Waals surface area contributed by atoms with Crippen LogP contribution in [0.3, 0.4) is 0 Å². The van der Waals surface area contributed by atoms with Gasteiger partial charge in [0, 0.05) is 31.7 Å². The summed E-state index contributed by atoms with van der Waals surface area (Å²) in [5, 5.41) is 2.91. The molecule has 2 unspecified atom stereocenters. The first-order chi connectivity index (χ1) is 13.9. The summed E-state index contributed by atoms with van der Waals surface area (Å²) in [6.45, 7) is 7.28. The Balaban J connectivity index is 1.51. The highest BCUT2D eigenvalue weighted by Gasteiger charge is 2.22. The molecule has 1 fully saturated rings. The van der Waals surface area contributed by atoms with Crippen molar-refractivity contribution >= 4 is 11.9 Å². The molecule has 2 atom stereocenters. The summed E-state index contributed by atoms with van der Waals surface area (Å²) in [5.41, 5.74) is 3.21. The van der Waals surface area contributed by atoms with E-state index in [1.807, 2.05) is 24.3 Å². The van der Waals surface area contributed by atoms with E-state index in [4.69, 9.17) is 4.74 Å². The van der Waals surface area contributed by atoms with Crippen molar-refractivity contribution in [2.45, 2.75) is 39.1 Å². The average molecular weight is 396 g/mol. The van der Waals surface area contributed by atoms with Crippen molar-refractivity contribution in [3.63, 3.8) is 0 Å². The summed E-state index contributed by atoms with van der Waals surface area (Å²) in [4.78, 5) is 26.3. The van der Waals surface area contributed by atoms with Crippen LogP contribution in [-0.4, -0.2) is 49.2 Å². The van der Waals surface area contributed by atoms with Gasteiger partial charge in [-0.2, -0.15) is 0 Å². The molecule has 0 spiro atoms. The van der Waals surface area contributed by atoms with Crippen LogP contribution in [-0.2, 0) is 22.6 Å². The minimum Gasteiger partial charge on any atom is -0.465 e. The van der Waals surface area contributed by atoms with Crippen LogP contribution in [0.15, 0.2) is 48.5 Å². The number of esters is 1. The summed E-state index contributed by atoms with van der Waals surface area (Å²) in [6.07, 6.45) is 0.482. The molecule has 1 N–H and O–H groups in total. The van der Waals surface area contributed by atoms with E-state index in [-0.39, 0.29) is 24.1 Å². The Hall–Kier alpha value is -2.70. The molecule has 0 radical (unpaired) electrons. The molecule has 1 saturated heterocycles. The molecule has 29 heavy (non-hydrogen) atoms. The van der Waals surface area contributed by atoms with Crippen molar-refractivity contribution in [1.29, 1.82) is 0 Å². The Bertz CT molecular complexity index is 823. The van der Waals surface area contributed by atoms with E-state index in [0.717, 1.165) is 25.2 Å². The number of nitrogens with zero attached hydrogens (tertiary/aromatic N) is 1. The Labute approximate surface area is 171 Å². The Morgan fingerprint density at radius 2 is 1.52 bits per heavy atom. The van der Waals surface area contributed by atoms with Gasteiger partial charge in [-0.05, 0) is 49.2 Å². The fraction of sp³-hybridized carbons (Fsp3) is 0.391. The molecular weight excluding hydrogens is 368 g/mol. The molecule has 2 aromatic carbocycles. The van der Waals surface area contributed by atoms with Gasteiger partial charge in [0.05, 0.1) is 24.9 Å². The quantitative estimate of drug-likeness (QED) is 0.761. The van der Waals surface area contributed by atoms with Crippen LogP contribution in [0.1, 0.15) is 45.7 Å². The summed E-state index contributed by atoms with van der Waals surface area (Å²) >= 11 is 0. The number of hydrogen-bond acceptors (Lipinski definition) is 5. The van der Waals surface area contributed by atoms with Crippen LogP contribution >= 0.6 is 0 Å². The average Bonchev–Trinajstić information content (AvgIpc) is 2.71. The highest BCUT2D eigenvalue weighted by molar-refractivity contribution is 5.94. The second-order valence-corrected chi connectivity index (χ2v) is 7.52. The summed E-state index contributed by atoms with van der Waals surface area (Å²) < 4.78 is 10.5. The number of hydrogen-bond donors (Lipinski definition) is 1. The molecular formula is C23H28N2O4. The van der Waals surface area contributed by atoms with Crippen LogP contribution in [0.2, 0.25) is 0 Å². The minimum atomic E-state index is -0.373. The molecule has 154 valence electrons. The second-order valence-electron chi connectivity index (χ2n) is 7.52. The normalized spacial score (nSPS) is 19.6. The largest absolute Gasteiger partial charge is 0.465 e. The second kappa shape index (κ2) is 9.67. The Morgan fingerprint density at radius 1 is 0.966 bits per heavy atom. The van der Waals surface area contributed by atoms with E-state index in [2.05, 4.69) is 28.8 Å². The van der Waals surface area contributed by atoms with Crippen LogP contribution in [0, 0.1) is 0 Å². The molecule has 1 amide bonds. The van der Waals surface area contributed by atoms with E-state index in [0.29, 0.717) is 17.7 Å². The highest BCUT2D eigenvalue weighted by Crippen LogP contribution is 2.15. The monoisotopic (exact) mass is 396 g/mol. The molecule has 1 aliphatic rings. The molecule has 1 heterocycles. The molecule has 0 saturated carbocycles. The molecule has 0 aromatic heterocycles. The van der Waals surface area contributed by atoms with Gasteiger partial charge in [0.2, 0.25) is 0 Å². The van der Waals surface area contributed by atoms with E-state index in [1.54, 1.807) is 24.3 Å². The van der Waals surface area contributed by atoms with Crippen molar-refractivity contribution in [2.75, 3.05) is 20.2 Å². The number of ether oxygens (including phenoxy) is 2. The zero-order valence-electron chi connectivity index (χ0n) is 17.2. The van der Waals surface area contributed by atoms with E-state index in [9.17, 15) is 9.59 Å². The van der Waals surface area contributed by atoms with Crippen LogP contribution < -0.4 is 5.32 Å². The summed E-state index contributed by atoms with van der Waals surface area (Å²) in [6, 6.07) is 14.7. The van der Waals surface area contributed by atoms with Crippen molar-refractivity contribution in [2.24, 2.45) is 0 Å². The smallest absolute Gasteiger partial charge is 0.337 e. The fourth-order valence-electron chi connectivity index (χ4n) is 3.59. The van der Waals surface area contributed by atoms with Gasteiger partial charge in [-0.15, -0.1) is 0 Å².